The molecule has 0 saturated carbocycles. The van der Waals surface area contributed by atoms with Crippen molar-refractivity contribution >= 4 is 52.5 Å². The van der Waals surface area contributed by atoms with E-state index in [1.165, 1.54) is 11.8 Å². The zero-order valence-corrected chi connectivity index (χ0v) is 13.9. The molecule has 0 spiro atoms. The molecule has 21 heavy (non-hydrogen) atoms. The van der Waals surface area contributed by atoms with Crippen LogP contribution in [0.15, 0.2) is 59.5 Å². The third-order valence-corrected chi connectivity index (χ3v) is 4.86. The minimum Gasteiger partial charge on any atom is -0.337 e. The van der Waals surface area contributed by atoms with Crippen LogP contribution >= 0.6 is 46.6 Å². The van der Waals surface area contributed by atoms with E-state index in [1.54, 1.807) is 36.4 Å². The molecule has 0 aliphatic heterocycles. The van der Waals surface area contributed by atoms with Gasteiger partial charge in [0.2, 0.25) is 0 Å². The second-order valence-electron chi connectivity index (χ2n) is 4.17. The average molecular weight is 361 g/mol. The van der Waals surface area contributed by atoms with E-state index in [0.717, 1.165) is 4.90 Å². The van der Waals surface area contributed by atoms with Gasteiger partial charge in [-0.3, -0.25) is 4.79 Å². The minimum absolute atomic E-state index is 0.214. The van der Waals surface area contributed by atoms with Gasteiger partial charge in [0, 0.05) is 15.5 Å². The molecule has 2 nitrogen and oxygen atoms in total. The molecular weight excluding hydrogens is 349 g/mol. The van der Waals surface area contributed by atoms with E-state index in [-0.39, 0.29) is 5.91 Å². The highest BCUT2D eigenvalue weighted by molar-refractivity contribution is 8.00. The summed E-state index contributed by atoms with van der Waals surface area (Å²) in [6.07, 6.45) is 0. The highest BCUT2D eigenvalue weighted by Crippen LogP contribution is 2.29. The fourth-order valence-corrected chi connectivity index (χ4v) is 3.02. The summed E-state index contributed by atoms with van der Waals surface area (Å²) in [5.74, 6) is -0.214. The number of hydrogen-bond donors (Lipinski definition) is 1. The molecule has 0 saturated heterocycles. The molecule has 6 heteroatoms. The molecule has 2 aromatic carbocycles. The lowest BCUT2D eigenvalue weighted by molar-refractivity contribution is 0.0951. The van der Waals surface area contributed by atoms with Crippen molar-refractivity contribution in [2.24, 2.45) is 0 Å². The molecule has 1 N–H and O–H groups in total. The van der Waals surface area contributed by atoms with Crippen molar-refractivity contribution in [3.8, 4) is 0 Å². The third-order valence-electron chi connectivity index (χ3n) is 2.61. The largest absolute Gasteiger partial charge is 0.337 e. The highest BCUT2D eigenvalue weighted by Gasteiger charge is 2.21. The number of hydrogen-bond acceptors (Lipinski definition) is 2. The van der Waals surface area contributed by atoms with Gasteiger partial charge in [-0.2, -0.15) is 0 Å². The Balaban J connectivity index is 2.06. The minimum atomic E-state index is -0.738. The molecule has 0 fully saturated rings. The Hall–Kier alpha value is -0.870. The van der Waals surface area contributed by atoms with E-state index in [0.29, 0.717) is 10.6 Å². The van der Waals surface area contributed by atoms with E-state index in [9.17, 15) is 4.79 Å². The smallest absolute Gasteiger partial charge is 0.252 e. The van der Waals surface area contributed by atoms with Crippen LogP contribution in [0.3, 0.4) is 0 Å². The average Bonchev–Trinajstić information content (AvgIpc) is 2.49. The van der Waals surface area contributed by atoms with Crippen molar-refractivity contribution in [3.05, 3.63) is 65.2 Å². The van der Waals surface area contributed by atoms with Crippen LogP contribution in [0.25, 0.3) is 0 Å². The summed E-state index contributed by atoms with van der Waals surface area (Å²) < 4.78 is 0. The van der Waals surface area contributed by atoms with E-state index >= 15 is 0 Å². The fourth-order valence-electron chi connectivity index (χ4n) is 1.61. The first-order valence-corrected chi connectivity index (χ1v) is 8.25. The van der Waals surface area contributed by atoms with Crippen molar-refractivity contribution in [3.63, 3.8) is 0 Å². The topological polar surface area (TPSA) is 29.1 Å². The number of carbonyl (C=O) groups is 1. The predicted octanol–water partition coefficient (Wildman–Crippen LogP) is 4.99. The van der Waals surface area contributed by atoms with Gasteiger partial charge in [0.1, 0.15) is 10.2 Å². The SMILES string of the molecule is O=C(NC(Sc1ccc(Cl)cc1)C(Cl)Cl)c1ccccc1. The van der Waals surface area contributed by atoms with Crippen molar-refractivity contribution in [1.82, 2.24) is 5.32 Å². The van der Waals surface area contributed by atoms with Gasteiger partial charge in [-0.15, -0.1) is 23.2 Å². The zero-order valence-electron chi connectivity index (χ0n) is 10.8. The molecule has 1 amide bonds. The van der Waals surface area contributed by atoms with Crippen molar-refractivity contribution in [2.75, 3.05) is 0 Å². The second-order valence-corrected chi connectivity index (χ2v) is 6.98. The summed E-state index contributed by atoms with van der Waals surface area (Å²) in [5, 5.41) is 3.02. The molecule has 1 unspecified atom stereocenters. The Morgan fingerprint density at radius 2 is 1.62 bits per heavy atom. The molecule has 110 valence electrons. The van der Waals surface area contributed by atoms with Crippen molar-refractivity contribution in [2.45, 2.75) is 15.1 Å². The lowest BCUT2D eigenvalue weighted by Crippen LogP contribution is -2.36. The van der Waals surface area contributed by atoms with Crippen molar-refractivity contribution in [1.29, 1.82) is 0 Å². The van der Waals surface area contributed by atoms with Crippen LogP contribution in [0.2, 0.25) is 5.02 Å². The van der Waals surface area contributed by atoms with Gasteiger partial charge < -0.3 is 5.32 Å². The van der Waals surface area contributed by atoms with E-state index in [4.69, 9.17) is 34.8 Å². The Labute approximate surface area is 142 Å². The van der Waals surface area contributed by atoms with Crippen LogP contribution in [0.1, 0.15) is 10.4 Å². The van der Waals surface area contributed by atoms with Crippen LogP contribution in [0.5, 0.6) is 0 Å². The molecule has 2 rings (SSSR count). The first-order chi connectivity index (χ1) is 10.1. The molecular formula is C15H12Cl3NOS. The molecule has 0 heterocycles. The first kappa shape index (κ1) is 16.5. The number of nitrogens with one attached hydrogen (secondary N) is 1. The summed E-state index contributed by atoms with van der Waals surface area (Å²) in [4.78, 5) is 12.3. The van der Waals surface area contributed by atoms with Crippen LogP contribution in [0.4, 0.5) is 0 Å². The Bertz CT molecular complexity index is 590. The maximum absolute atomic E-state index is 12.1. The van der Waals surface area contributed by atoms with Gasteiger partial charge in [0.05, 0.1) is 0 Å². The molecule has 0 aliphatic carbocycles. The van der Waals surface area contributed by atoms with Gasteiger partial charge in [-0.05, 0) is 36.4 Å². The summed E-state index contributed by atoms with van der Waals surface area (Å²) in [7, 11) is 0. The summed E-state index contributed by atoms with van der Waals surface area (Å²) in [6.45, 7) is 0. The first-order valence-electron chi connectivity index (χ1n) is 6.12. The molecule has 0 aliphatic rings. The van der Waals surface area contributed by atoms with Crippen LogP contribution in [-0.2, 0) is 0 Å². The van der Waals surface area contributed by atoms with E-state index in [2.05, 4.69) is 5.32 Å². The van der Waals surface area contributed by atoms with Crippen LogP contribution < -0.4 is 5.32 Å². The van der Waals surface area contributed by atoms with E-state index < -0.39 is 10.2 Å². The van der Waals surface area contributed by atoms with Crippen molar-refractivity contribution < 1.29 is 4.79 Å². The number of thioether (sulfide) groups is 1. The van der Waals surface area contributed by atoms with Crippen LogP contribution in [0, 0.1) is 0 Å². The highest BCUT2D eigenvalue weighted by atomic mass is 35.5. The Kier molecular flexibility index (Phi) is 6.24. The van der Waals surface area contributed by atoms with Gasteiger partial charge in [-0.25, -0.2) is 0 Å². The number of benzene rings is 2. The fraction of sp³-hybridized carbons (Fsp3) is 0.133. The summed E-state index contributed by atoms with van der Waals surface area (Å²) in [6, 6.07) is 16.2. The Morgan fingerprint density at radius 1 is 1.00 bits per heavy atom. The second kappa shape index (κ2) is 7.95. The standard InChI is InChI=1S/C15H12Cl3NOS/c16-11-6-8-12(9-7-11)21-15(13(17)18)19-14(20)10-4-2-1-3-5-10/h1-9,13,15H,(H,19,20). The lowest BCUT2D eigenvalue weighted by atomic mass is 10.2. The molecule has 1 atom stereocenters. The summed E-state index contributed by atoms with van der Waals surface area (Å²) in [5.41, 5.74) is 0.563. The molecule has 2 aromatic rings. The normalized spacial score (nSPS) is 12.2. The number of amides is 1. The number of rotatable bonds is 5. The van der Waals surface area contributed by atoms with Gasteiger partial charge in [0.15, 0.2) is 0 Å². The monoisotopic (exact) mass is 359 g/mol. The Morgan fingerprint density at radius 3 is 2.19 bits per heavy atom. The number of alkyl halides is 2. The zero-order chi connectivity index (χ0) is 15.2. The van der Waals surface area contributed by atoms with Gasteiger partial charge >= 0.3 is 0 Å². The third kappa shape index (κ3) is 5.11. The molecule has 0 aromatic heterocycles. The predicted molar refractivity (Wildman–Crippen MR) is 90.5 cm³/mol. The van der Waals surface area contributed by atoms with E-state index in [1.807, 2.05) is 18.2 Å². The van der Waals surface area contributed by atoms with Gasteiger partial charge in [0.25, 0.3) is 5.91 Å². The quantitative estimate of drug-likeness (QED) is 0.462. The van der Waals surface area contributed by atoms with Gasteiger partial charge in [-0.1, -0.05) is 41.6 Å². The lowest BCUT2D eigenvalue weighted by Gasteiger charge is -2.19. The molecule has 0 radical (unpaired) electrons. The number of carbonyl (C=O) groups excluding carboxylic acids is 1. The maximum atomic E-state index is 12.1. The maximum Gasteiger partial charge on any atom is 0.252 e. The number of halogens is 3. The summed E-state index contributed by atoms with van der Waals surface area (Å²) >= 11 is 19.1. The van der Waals surface area contributed by atoms with Crippen LogP contribution in [-0.4, -0.2) is 16.1 Å². The molecule has 0 bridgehead atoms.